The quantitative estimate of drug-likeness (QED) is 0.159. The van der Waals surface area contributed by atoms with Crippen LogP contribution in [0.2, 0.25) is 0 Å². The Hall–Kier alpha value is -4.42. The topological polar surface area (TPSA) is 0 Å². The second-order valence-corrected chi connectivity index (χ2v) is 11.0. The van der Waals surface area contributed by atoms with Crippen molar-refractivity contribution in [1.29, 1.82) is 0 Å². The molecular weight excluding hydrogens is 432 g/mol. The summed E-state index contributed by atoms with van der Waals surface area (Å²) in [6.07, 6.45) is 0. The summed E-state index contributed by atoms with van der Waals surface area (Å²) in [6, 6.07) is 32.8. The molecule has 0 aliphatic carbocycles. The van der Waals surface area contributed by atoms with Crippen LogP contribution in [-0.2, 0) is 0 Å². The van der Waals surface area contributed by atoms with Gasteiger partial charge in [0.1, 0.15) is 0 Å². The first-order valence-electron chi connectivity index (χ1n) is 12.9. The Morgan fingerprint density at radius 2 is 0.694 bits per heavy atom. The van der Waals surface area contributed by atoms with E-state index in [1.807, 2.05) is 0 Å². The van der Waals surface area contributed by atoms with Gasteiger partial charge in [0.25, 0.3) is 0 Å². The molecule has 0 bridgehead atoms. The Balaban J connectivity index is 1.79. The Labute approximate surface area is 206 Å². The number of benzene rings is 10. The van der Waals surface area contributed by atoms with Gasteiger partial charge in [-0.2, -0.15) is 0 Å². The van der Waals surface area contributed by atoms with Crippen LogP contribution in [0.1, 0.15) is 11.1 Å². The summed E-state index contributed by atoms with van der Waals surface area (Å²) in [6.45, 7) is 4.50. The second-order valence-electron chi connectivity index (χ2n) is 11.0. The molecule has 0 heterocycles. The molecule has 0 spiro atoms. The Morgan fingerprint density at radius 3 is 1.11 bits per heavy atom. The number of hydrogen-bond donors (Lipinski definition) is 0. The van der Waals surface area contributed by atoms with Crippen molar-refractivity contribution in [3.05, 3.63) is 96.1 Å². The van der Waals surface area contributed by atoms with Gasteiger partial charge < -0.3 is 0 Å². The minimum absolute atomic E-state index is 1.33. The lowest BCUT2D eigenvalue weighted by Crippen LogP contribution is -1.97. The van der Waals surface area contributed by atoms with Crippen LogP contribution in [-0.4, -0.2) is 0 Å². The van der Waals surface area contributed by atoms with E-state index in [1.54, 1.807) is 0 Å². The third-order valence-electron chi connectivity index (χ3n) is 9.07. The molecule has 0 aliphatic rings. The van der Waals surface area contributed by atoms with Crippen molar-refractivity contribution in [3.8, 4) is 0 Å². The van der Waals surface area contributed by atoms with E-state index >= 15 is 0 Å². The maximum absolute atomic E-state index is 2.43. The lowest BCUT2D eigenvalue weighted by atomic mass is 9.77. The molecular formula is C36H20. The number of fused-ring (bicyclic) bond motifs is 4. The van der Waals surface area contributed by atoms with Gasteiger partial charge >= 0.3 is 0 Å². The first-order chi connectivity index (χ1) is 17.7. The number of aryl methyl sites for hydroxylation is 2. The van der Waals surface area contributed by atoms with E-state index in [-0.39, 0.29) is 0 Å². The van der Waals surface area contributed by atoms with Gasteiger partial charge in [-0.3, -0.25) is 0 Å². The minimum atomic E-state index is 1.33. The molecule has 0 nitrogen and oxygen atoms in total. The lowest BCUT2D eigenvalue weighted by molar-refractivity contribution is 1.53. The first kappa shape index (κ1) is 17.9. The van der Waals surface area contributed by atoms with Gasteiger partial charge in [0.15, 0.2) is 0 Å². The molecule has 0 unspecified atom stereocenters. The van der Waals surface area contributed by atoms with E-state index in [0.717, 1.165) is 0 Å². The summed E-state index contributed by atoms with van der Waals surface area (Å²) >= 11 is 0. The van der Waals surface area contributed by atoms with Crippen molar-refractivity contribution in [1.82, 2.24) is 0 Å². The van der Waals surface area contributed by atoms with Gasteiger partial charge in [-0.1, -0.05) is 84.9 Å². The molecule has 164 valence electrons. The lowest BCUT2D eigenvalue weighted by Gasteiger charge is -2.25. The normalized spacial score (nSPS) is 13.3. The fraction of sp³-hybridized carbons (Fsp3) is 0.0556. The molecule has 0 fully saturated rings. The van der Waals surface area contributed by atoms with Crippen molar-refractivity contribution >= 4 is 97.0 Å². The average Bonchev–Trinajstić information content (AvgIpc) is 2.90. The first-order valence-corrected chi connectivity index (χ1v) is 12.9. The molecule has 0 aromatic heterocycles. The van der Waals surface area contributed by atoms with E-state index in [1.165, 1.54) is 108 Å². The molecule has 0 atom stereocenters. The van der Waals surface area contributed by atoms with Crippen LogP contribution in [0.15, 0.2) is 84.9 Å². The molecule has 10 aromatic carbocycles. The van der Waals surface area contributed by atoms with Crippen LogP contribution in [0, 0.1) is 13.8 Å². The summed E-state index contributed by atoms with van der Waals surface area (Å²) in [5.74, 6) is 0. The molecule has 0 aliphatic heterocycles. The summed E-state index contributed by atoms with van der Waals surface area (Å²) < 4.78 is 0. The standard InChI is InChI=1S/C36H20/c1-17-13-25-21-7-3-5-19-10-12-24-28-16-18(2)14-26-22-8-4-6-20-9-11-23-27(15-17)31(25)35(34(24)29(19)21)36(32(26)28)33(23)30(20)22/h3-16H,1-2H3. The molecule has 0 saturated carbocycles. The molecule has 0 amide bonds. The SMILES string of the molecule is Cc1cc2c3cccc4ccc5c6cc(C)cc7c8cccc9ccc%10c(c1)c2c(c5c43)c(c76)c%10c98. The summed E-state index contributed by atoms with van der Waals surface area (Å²) in [4.78, 5) is 0. The van der Waals surface area contributed by atoms with E-state index in [0.29, 0.717) is 0 Å². The predicted molar refractivity (Wildman–Crippen MR) is 158 cm³/mol. The maximum atomic E-state index is 2.43. The van der Waals surface area contributed by atoms with Crippen molar-refractivity contribution in [3.63, 3.8) is 0 Å². The summed E-state index contributed by atoms with van der Waals surface area (Å²) in [5.41, 5.74) is 2.65. The maximum Gasteiger partial charge on any atom is -0.0000710 e. The molecule has 10 rings (SSSR count). The fourth-order valence-electron chi connectivity index (χ4n) is 7.89. The predicted octanol–water partition coefficient (Wildman–Crippen LogP) is 10.4. The van der Waals surface area contributed by atoms with Crippen molar-refractivity contribution in [2.75, 3.05) is 0 Å². The van der Waals surface area contributed by atoms with Gasteiger partial charge in [0, 0.05) is 0 Å². The number of rotatable bonds is 0. The zero-order valence-electron chi connectivity index (χ0n) is 20.1. The summed E-state index contributed by atoms with van der Waals surface area (Å²) in [7, 11) is 0. The van der Waals surface area contributed by atoms with Crippen LogP contribution in [0.4, 0.5) is 0 Å². The Morgan fingerprint density at radius 1 is 0.306 bits per heavy atom. The van der Waals surface area contributed by atoms with E-state index < -0.39 is 0 Å². The van der Waals surface area contributed by atoms with Crippen molar-refractivity contribution in [2.24, 2.45) is 0 Å². The van der Waals surface area contributed by atoms with Gasteiger partial charge in [0.2, 0.25) is 0 Å². The van der Waals surface area contributed by atoms with E-state index in [9.17, 15) is 0 Å². The number of hydrogen-bond acceptors (Lipinski definition) is 0. The van der Waals surface area contributed by atoms with Crippen LogP contribution < -0.4 is 0 Å². The highest BCUT2D eigenvalue weighted by molar-refractivity contribution is 6.54. The average molecular weight is 453 g/mol. The van der Waals surface area contributed by atoms with Crippen LogP contribution in [0.3, 0.4) is 0 Å². The van der Waals surface area contributed by atoms with Crippen LogP contribution in [0.25, 0.3) is 97.0 Å². The fourth-order valence-corrected chi connectivity index (χ4v) is 7.89. The third kappa shape index (κ3) is 1.75. The largest absolute Gasteiger partial charge is 0.0610 e. The molecule has 0 heteroatoms. The zero-order chi connectivity index (χ0) is 23.4. The van der Waals surface area contributed by atoms with Gasteiger partial charge in [0.05, 0.1) is 0 Å². The van der Waals surface area contributed by atoms with Crippen LogP contribution in [0.5, 0.6) is 0 Å². The minimum Gasteiger partial charge on any atom is -0.0610 e. The van der Waals surface area contributed by atoms with Crippen LogP contribution >= 0.6 is 0 Å². The highest BCUT2D eigenvalue weighted by Gasteiger charge is 2.26. The smallest absolute Gasteiger partial charge is 0.0000710 e. The van der Waals surface area contributed by atoms with Crippen molar-refractivity contribution < 1.29 is 0 Å². The highest BCUT2D eigenvalue weighted by atomic mass is 14.3. The van der Waals surface area contributed by atoms with Gasteiger partial charge in [-0.15, -0.1) is 0 Å². The monoisotopic (exact) mass is 452 g/mol. The van der Waals surface area contributed by atoms with Crippen molar-refractivity contribution in [2.45, 2.75) is 13.8 Å². The highest BCUT2D eigenvalue weighted by Crippen LogP contribution is 2.55. The van der Waals surface area contributed by atoms with E-state index in [2.05, 4.69) is 98.8 Å². The molecule has 36 heavy (non-hydrogen) atoms. The van der Waals surface area contributed by atoms with Gasteiger partial charge in [-0.25, -0.2) is 0 Å². The molecule has 10 aromatic rings. The molecule has 0 saturated heterocycles. The molecule has 0 radical (unpaired) electrons. The van der Waals surface area contributed by atoms with E-state index in [4.69, 9.17) is 0 Å². The second kappa shape index (κ2) is 5.53. The third-order valence-corrected chi connectivity index (χ3v) is 9.07. The zero-order valence-corrected chi connectivity index (χ0v) is 20.1. The van der Waals surface area contributed by atoms with Gasteiger partial charge in [-0.05, 0) is 122 Å². The Bertz CT molecular complexity index is 2350. The molecule has 0 N–H and O–H groups in total. The Kier molecular flexibility index (Phi) is 2.75. The summed E-state index contributed by atoms with van der Waals surface area (Å²) in [5, 5.41) is 25.3.